The number of anilines is 1. The monoisotopic (exact) mass is 357 g/mol. The first kappa shape index (κ1) is 16.7. The molecule has 1 N–H and O–H groups in total. The third kappa shape index (κ3) is 3.76. The van der Waals surface area contributed by atoms with Crippen molar-refractivity contribution in [2.45, 2.75) is 19.8 Å². The van der Waals surface area contributed by atoms with Gasteiger partial charge < -0.3 is 15.2 Å². The van der Waals surface area contributed by atoms with Crippen molar-refractivity contribution in [1.82, 2.24) is 4.98 Å². The molecule has 2 rings (SSSR count). The van der Waals surface area contributed by atoms with E-state index >= 15 is 0 Å². The maximum atomic E-state index is 12.2. The van der Waals surface area contributed by atoms with Crippen LogP contribution in [-0.4, -0.2) is 16.9 Å². The summed E-state index contributed by atoms with van der Waals surface area (Å²) in [7, 11) is 0. The van der Waals surface area contributed by atoms with Crippen molar-refractivity contribution in [3.8, 4) is 0 Å². The Hall–Kier alpha value is -1.63. The number of halogens is 2. The standard InChI is InChI=1S/C14H12Cl2N2O3S/c1-6(13-17-7(2)11(22-13)14(20)21)12(19)18-10-4-8(15)3-9(16)5-10/h3-6H,1-2H3,(H,18,19)(H,20,21)/p-1/t6-/m1/s1. The number of thiazole rings is 1. The molecule has 1 atom stereocenters. The number of nitrogens with one attached hydrogen (secondary N) is 1. The number of aryl methyl sites for hydroxylation is 1. The highest BCUT2D eigenvalue weighted by Crippen LogP contribution is 2.27. The summed E-state index contributed by atoms with van der Waals surface area (Å²) in [6, 6.07) is 4.69. The number of carbonyl (C=O) groups excluding carboxylic acids is 2. The number of aromatic nitrogens is 1. The summed E-state index contributed by atoms with van der Waals surface area (Å²) >= 11 is 12.7. The number of carboxylic acid groups (broad SMARTS) is 1. The van der Waals surface area contributed by atoms with Crippen LogP contribution in [0.2, 0.25) is 10.0 Å². The summed E-state index contributed by atoms with van der Waals surface area (Å²) in [6.07, 6.45) is 0. The van der Waals surface area contributed by atoms with Gasteiger partial charge in [0.25, 0.3) is 0 Å². The maximum absolute atomic E-state index is 12.2. The Morgan fingerprint density at radius 1 is 1.27 bits per heavy atom. The van der Waals surface area contributed by atoms with E-state index in [1.807, 2.05) is 0 Å². The summed E-state index contributed by atoms with van der Waals surface area (Å²) in [4.78, 5) is 27.3. The van der Waals surface area contributed by atoms with Crippen LogP contribution in [0.15, 0.2) is 18.2 Å². The van der Waals surface area contributed by atoms with E-state index in [-0.39, 0.29) is 10.8 Å². The third-order valence-electron chi connectivity index (χ3n) is 2.89. The second kappa shape index (κ2) is 6.64. The lowest BCUT2D eigenvalue weighted by atomic mass is 10.1. The second-order valence-electron chi connectivity index (χ2n) is 4.62. The lowest BCUT2D eigenvalue weighted by Gasteiger charge is -2.10. The first-order valence-corrected chi connectivity index (χ1v) is 7.80. The summed E-state index contributed by atoms with van der Waals surface area (Å²) < 4.78 is 0. The number of hydrogen-bond donors (Lipinski definition) is 1. The highest BCUT2D eigenvalue weighted by Gasteiger charge is 2.21. The van der Waals surface area contributed by atoms with Crippen molar-refractivity contribution < 1.29 is 14.7 Å². The molecule has 5 nitrogen and oxygen atoms in total. The quantitative estimate of drug-likeness (QED) is 0.911. The topological polar surface area (TPSA) is 82.1 Å². The number of nitrogens with zero attached hydrogens (tertiary/aromatic N) is 1. The molecule has 1 aromatic carbocycles. The van der Waals surface area contributed by atoms with Gasteiger partial charge in [-0.3, -0.25) is 4.79 Å². The van der Waals surface area contributed by atoms with Gasteiger partial charge in [0.2, 0.25) is 5.91 Å². The molecule has 22 heavy (non-hydrogen) atoms. The molecule has 2 aromatic rings. The van der Waals surface area contributed by atoms with Crippen molar-refractivity contribution in [3.63, 3.8) is 0 Å². The average Bonchev–Trinajstić information content (AvgIpc) is 2.78. The fourth-order valence-electron chi connectivity index (χ4n) is 1.78. The van der Waals surface area contributed by atoms with Crippen LogP contribution in [0.25, 0.3) is 0 Å². The first-order valence-electron chi connectivity index (χ1n) is 6.23. The van der Waals surface area contributed by atoms with E-state index in [4.69, 9.17) is 23.2 Å². The highest BCUT2D eigenvalue weighted by molar-refractivity contribution is 7.13. The van der Waals surface area contributed by atoms with Gasteiger partial charge in [0.15, 0.2) is 0 Å². The largest absolute Gasteiger partial charge is 0.544 e. The van der Waals surface area contributed by atoms with E-state index in [0.717, 1.165) is 11.3 Å². The van der Waals surface area contributed by atoms with E-state index in [0.29, 0.717) is 26.4 Å². The van der Waals surface area contributed by atoms with Gasteiger partial charge >= 0.3 is 0 Å². The molecule has 0 spiro atoms. The molecule has 0 bridgehead atoms. The molecular weight excluding hydrogens is 347 g/mol. The molecular formula is C14H11Cl2N2O3S-. The Bertz CT molecular complexity index is 725. The lowest BCUT2D eigenvalue weighted by molar-refractivity contribution is -0.254. The Kier molecular flexibility index (Phi) is 5.05. The van der Waals surface area contributed by atoms with Crippen LogP contribution in [0.5, 0.6) is 0 Å². The van der Waals surface area contributed by atoms with Gasteiger partial charge in [-0.05, 0) is 32.0 Å². The van der Waals surface area contributed by atoms with Crippen LogP contribution in [0.3, 0.4) is 0 Å². The number of carbonyl (C=O) groups is 2. The third-order valence-corrected chi connectivity index (χ3v) is 4.65. The van der Waals surface area contributed by atoms with E-state index < -0.39 is 11.9 Å². The summed E-state index contributed by atoms with van der Waals surface area (Å²) in [5.74, 6) is -2.25. The zero-order chi connectivity index (χ0) is 16.4. The van der Waals surface area contributed by atoms with Crippen LogP contribution >= 0.6 is 34.5 Å². The van der Waals surface area contributed by atoms with Crippen molar-refractivity contribution in [3.05, 3.63) is 43.8 Å². The van der Waals surface area contributed by atoms with Crippen molar-refractivity contribution in [1.29, 1.82) is 0 Å². The van der Waals surface area contributed by atoms with Crippen molar-refractivity contribution >= 4 is 52.1 Å². The molecule has 0 fully saturated rings. The molecule has 1 heterocycles. The van der Waals surface area contributed by atoms with Gasteiger partial charge in [0.1, 0.15) is 5.01 Å². The van der Waals surface area contributed by atoms with Gasteiger partial charge in [-0.15, -0.1) is 11.3 Å². The van der Waals surface area contributed by atoms with Gasteiger partial charge in [0.05, 0.1) is 22.5 Å². The van der Waals surface area contributed by atoms with Crippen molar-refractivity contribution in [2.75, 3.05) is 5.32 Å². The lowest BCUT2D eigenvalue weighted by Crippen LogP contribution is -2.21. The zero-order valence-corrected chi connectivity index (χ0v) is 14.0. The normalized spacial score (nSPS) is 12.0. The Balaban J connectivity index is 2.18. The van der Waals surface area contributed by atoms with Gasteiger partial charge in [-0.1, -0.05) is 23.2 Å². The van der Waals surface area contributed by atoms with E-state index in [9.17, 15) is 14.7 Å². The highest BCUT2D eigenvalue weighted by atomic mass is 35.5. The molecule has 8 heteroatoms. The Morgan fingerprint density at radius 2 is 1.86 bits per heavy atom. The molecule has 0 saturated carbocycles. The molecule has 1 aromatic heterocycles. The fourth-order valence-corrected chi connectivity index (χ4v) is 3.26. The van der Waals surface area contributed by atoms with Crippen LogP contribution in [-0.2, 0) is 4.79 Å². The predicted octanol–water partition coefficient (Wildman–Crippen LogP) is 2.86. The van der Waals surface area contributed by atoms with Gasteiger partial charge in [-0.2, -0.15) is 0 Å². The molecule has 0 saturated heterocycles. The van der Waals surface area contributed by atoms with Crippen molar-refractivity contribution in [2.24, 2.45) is 0 Å². The van der Waals surface area contributed by atoms with Gasteiger partial charge in [-0.25, -0.2) is 4.98 Å². The van der Waals surface area contributed by atoms with Crippen LogP contribution in [0, 0.1) is 6.92 Å². The Labute approximate surface area is 140 Å². The summed E-state index contributed by atoms with van der Waals surface area (Å²) in [6.45, 7) is 3.20. The maximum Gasteiger partial charge on any atom is 0.234 e. The molecule has 116 valence electrons. The second-order valence-corrected chi connectivity index (χ2v) is 6.53. The van der Waals surface area contributed by atoms with E-state index in [1.165, 1.54) is 0 Å². The number of aromatic carboxylic acids is 1. The van der Waals surface area contributed by atoms with E-state index in [2.05, 4.69) is 10.3 Å². The Morgan fingerprint density at radius 3 is 2.36 bits per heavy atom. The van der Waals surface area contributed by atoms with Crippen LogP contribution in [0.4, 0.5) is 5.69 Å². The smallest absolute Gasteiger partial charge is 0.234 e. The number of carboxylic acids is 1. The van der Waals surface area contributed by atoms with Gasteiger partial charge in [0, 0.05) is 15.7 Å². The predicted molar refractivity (Wildman–Crippen MR) is 84.7 cm³/mol. The summed E-state index contributed by atoms with van der Waals surface area (Å²) in [5.41, 5.74) is 0.799. The number of hydrogen-bond acceptors (Lipinski definition) is 5. The zero-order valence-electron chi connectivity index (χ0n) is 11.6. The number of rotatable bonds is 4. The number of amides is 1. The minimum absolute atomic E-state index is 0.0282. The molecule has 0 aliphatic heterocycles. The average molecular weight is 358 g/mol. The fraction of sp³-hybridized carbons (Fsp3) is 0.214. The van der Waals surface area contributed by atoms with E-state index in [1.54, 1.807) is 32.0 Å². The van der Waals surface area contributed by atoms with Crippen LogP contribution < -0.4 is 10.4 Å². The minimum Gasteiger partial charge on any atom is -0.544 e. The molecule has 0 aliphatic carbocycles. The summed E-state index contributed by atoms with van der Waals surface area (Å²) in [5, 5.41) is 14.8. The molecule has 0 aliphatic rings. The molecule has 0 radical (unpaired) electrons. The SMILES string of the molecule is Cc1nc([C@H](C)C(=O)Nc2cc(Cl)cc(Cl)c2)sc1C(=O)[O-]. The minimum atomic E-state index is -1.30. The first-order chi connectivity index (χ1) is 10.3. The number of benzene rings is 1. The van der Waals surface area contributed by atoms with Crippen LogP contribution in [0.1, 0.15) is 33.2 Å². The molecule has 1 amide bonds. The molecule has 0 unspecified atom stereocenters.